The van der Waals surface area contributed by atoms with Gasteiger partial charge in [-0.1, -0.05) is 23.7 Å². The first-order valence-electron chi connectivity index (χ1n) is 8.87. The van der Waals surface area contributed by atoms with Crippen molar-refractivity contribution in [2.45, 2.75) is 20.1 Å². The van der Waals surface area contributed by atoms with Crippen molar-refractivity contribution in [3.63, 3.8) is 0 Å². The lowest BCUT2D eigenvalue weighted by Crippen LogP contribution is -2.04. The number of rotatable bonds is 8. The van der Waals surface area contributed by atoms with Gasteiger partial charge in [-0.25, -0.2) is 8.78 Å². The zero-order valence-corrected chi connectivity index (χ0v) is 16.1. The SMILES string of the molecule is CCOc1cc(CNc2ccc(F)cc2)cc(Cl)c1OCc1cccc(F)c1. The van der Waals surface area contributed by atoms with E-state index >= 15 is 0 Å². The van der Waals surface area contributed by atoms with Crippen LogP contribution >= 0.6 is 11.6 Å². The molecule has 0 aliphatic carbocycles. The predicted molar refractivity (Wildman–Crippen MR) is 107 cm³/mol. The van der Waals surface area contributed by atoms with Gasteiger partial charge in [0.15, 0.2) is 11.5 Å². The Labute approximate surface area is 167 Å². The summed E-state index contributed by atoms with van der Waals surface area (Å²) in [6, 6.07) is 15.9. The molecule has 0 aliphatic rings. The van der Waals surface area contributed by atoms with Crippen molar-refractivity contribution in [1.29, 1.82) is 0 Å². The van der Waals surface area contributed by atoms with Crippen LogP contribution in [0.15, 0.2) is 60.7 Å². The topological polar surface area (TPSA) is 30.5 Å². The van der Waals surface area contributed by atoms with Gasteiger partial charge in [-0.3, -0.25) is 0 Å². The fourth-order valence-corrected chi connectivity index (χ4v) is 2.97. The molecule has 0 spiro atoms. The monoisotopic (exact) mass is 403 g/mol. The van der Waals surface area contributed by atoms with E-state index in [1.807, 2.05) is 13.0 Å². The van der Waals surface area contributed by atoms with E-state index < -0.39 is 0 Å². The van der Waals surface area contributed by atoms with E-state index in [-0.39, 0.29) is 18.2 Å². The number of anilines is 1. The van der Waals surface area contributed by atoms with Crippen molar-refractivity contribution < 1.29 is 18.3 Å². The second kappa shape index (κ2) is 9.42. The molecule has 146 valence electrons. The quantitative estimate of drug-likeness (QED) is 0.485. The van der Waals surface area contributed by atoms with Gasteiger partial charge in [-0.15, -0.1) is 0 Å². The van der Waals surface area contributed by atoms with E-state index in [9.17, 15) is 8.78 Å². The van der Waals surface area contributed by atoms with Crippen LogP contribution in [0.2, 0.25) is 5.02 Å². The zero-order valence-electron chi connectivity index (χ0n) is 15.3. The molecule has 1 N–H and O–H groups in total. The molecule has 3 nitrogen and oxygen atoms in total. The van der Waals surface area contributed by atoms with Crippen LogP contribution in [-0.2, 0) is 13.2 Å². The van der Waals surface area contributed by atoms with Crippen LogP contribution in [0.1, 0.15) is 18.1 Å². The minimum atomic E-state index is -0.320. The van der Waals surface area contributed by atoms with Crippen molar-refractivity contribution in [2.24, 2.45) is 0 Å². The summed E-state index contributed by atoms with van der Waals surface area (Å²) in [7, 11) is 0. The summed E-state index contributed by atoms with van der Waals surface area (Å²) in [5.41, 5.74) is 2.37. The largest absolute Gasteiger partial charge is 0.490 e. The number of hydrogen-bond acceptors (Lipinski definition) is 3. The van der Waals surface area contributed by atoms with E-state index in [4.69, 9.17) is 21.1 Å². The van der Waals surface area contributed by atoms with Gasteiger partial charge in [0.05, 0.1) is 11.6 Å². The Morgan fingerprint density at radius 1 is 0.893 bits per heavy atom. The van der Waals surface area contributed by atoms with Crippen molar-refractivity contribution in [1.82, 2.24) is 0 Å². The van der Waals surface area contributed by atoms with E-state index in [1.165, 1.54) is 24.3 Å². The Bertz CT molecular complexity index is 932. The van der Waals surface area contributed by atoms with Crippen molar-refractivity contribution >= 4 is 17.3 Å². The van der Waals surface area contributed by atoms with Gasteiger partial charge in [0, 0.05) is 12.2 Å². The number of hydrogen-bond donors (Lipinski definition) is 1. The van der Waals surface area contributed by atoms with Crippen LogP contribution < -0.4 is 14.8 Å². The molecule has 3 rings (SSSR count). The number of ether oxygens (including phenoxy) is 2. The summed E-state index contributed by atoms with van der Waals surface area (Å²) in [5.74, 6) is 0.326. The molecule has 0 saturated carbocycles. The third kappa shape index (κ3) is 5.36. The highest BCUT2D eigenvalue weighted by molar-refractivity contribution is 6.32. The Morgan fingerprint density at radius 2 is 1.68 bits per heavy atom. The number of benzene rings is 3. The first-order valence-corrected chi connectivity index (χ1v) is 9.25. The standard InChI is InChI=1S/C22H20ClF2NO2/c1-2-27-21-12-16(13-26-19-8-6-17(24)7-9-19)11-20(23)22(21)28-14-15-4-3-5-18(25)10-15/h3-12,26H,2,13-14H2,1H3. The minimum Gasteiger partial charge on any atom is -0.490 e. The van der Waals surface area contributed by atoms with Gasteiger partial charge in [0.25, 0.3) is 0 Å². The van der Waals surface area contributed by atoms with Gasteiger partial charge in [-0.2, -0.15) is 0 Å². The average Bonchev–Trinajstić information content (AvgIpc) is 2.67. The molecule has 0 atom stereocenters. The maximum Gasteiger partial charge on any atom is 0.180 e. The maximum atomic E-state index is 13.3. The van der Waals surface area contributed by atoms with Gasteiger partial charge < -0.3 is 14.8 Å². The first-order chi connectivity index (χ1) is 13.5. The van der Waals surface area contributed by atoms with E-state index in [0.29, 0.717) is 35.2 Å². The molecule has 0 fully saturated rings. The molecule has 0 bridgehead atoms. The van der Waals surface area contributed by atoms with Crippen molar-refractivity contribution in [2.75, 3.05) is 11.9 Å². The molecular weight excluding hydrogens is 384 g/mol. The molecule has 0 aromatic heterocycles. The Morgan fingerprint density at radius 3 is 2.39 bits per heavy atom. The van der Waals surface area contributed by atoms with E-state index in [0.717, 1.165) is 11.3 Å². The molecule has 28 heavy (non-hydrogen) atoms. The number of halogens is 3. The molecule has 3 aromatic rings. The third-order valence-corrected chi connectivity index (χ3v) is 4.26. The van der Waals surface area contributed by atoms with Crippen molar-refractivity contribution in [3.8, 4) is 11.5 Å². The molecule has 6 heteroatoms. The Balaban J connectivity index is 1.74. The summed E-state index contributed by atoms with van der Waals surface area (Å²) in [6.07, 6.45) is 0. The van der Waals surface area contributed by atoms with Crippen LogP contribution in [0.4, 0.5) is 14.5 Å². The zero-order chi connectivity index (χ0) is 19.9. The van der Waals surface area contributed by atoms with E-state index in [1.54, 1.807) is 30.3 Å². The lowest BCUT2D eigenvalue weighted by Gasteiger charge is -2.16. The molecular formula is C22H20ClF2NO2. The van der Waals surface area contributed by atoms with Gasteiger partial charge in [0.1, 0.15) is 18.2 Å². The highest BCUT2D eigenvalue weighted by Crippen LogP contribution is 2.37. The molecule has 0 unspecified atom stereocenters. The fourth-order valence-electron chi connectivity index (χ4n) is 2.68. The Hall–Kier alpha value is -2.79. The smallest absolute Gasteiger partial charge is 0.180 e. The average molecular weight is 404 g/mol. The van der Waals surface area contributed by atoms with E-state index in [2.05, 4.69) is 5.32 Å². The lowest BCUT2D eigenvalue weighted by molar-refractivity contribution is 0.269. The summed E-state index contributed by atoms with van der Waals surface area (Å²) in [6.45, 7) is 2.97. The molecule has 0 aliphatic heterocycles. The number of nitrogens with one attached hydrogen (secondary N) is 1. The first kappa shape index (κ1) is 20.0. The molecule has 0 heterocycles. The maximum absolute atomic E-state index is 13.3. The molecule has 3 aromatic carbocycles. The normalized spacial score (nSPS) is 10.6. The fraction of sp³-hybridized carbons (Fsp3) is 0.182. The van der Waals surface area contributed by atoms with Gasteiger partial charge in [-0.05, 0) is 66.6 Å². The van der Waals surface area contributed by atoms with Crippen LogP contribution in [0.25, 0.3) is 0 Å². The van der Waals surface area contributed by atoms with Gasteiger partial charge >= 0.3 is 0 Å². The van der Waals surface area contributed by atoms with Crippen LogP contribution in [0.3, 0.4) is 0 Å². The second-order valence-electron chi connectivity index (χ2n) is 6.12. The molecule has 0 amide bonds. The predicted octanol–water partition coefficient (Wildman–Crippen LogP) is 6.21. The van der Waals surface area contributed by atoms with Crippen LogP contribution in [0, 0.1) is 11.6 Å². The second-order valence-corrected chi connectivity index (χ2v) is 6.52. The van der Waals surface area contributed by atoms with Crippen LogP contribution in [-0.4, -0.2) is 6.61 Å². The van der Waals surface area contributed by atoms with Gasteiger partial charge in [0.2, 0.25) is 0 Å². The summed E-state index contributed by atoms with van der Waals surface area (Å²) < 4.78 is 37.8. The highest BCUT2D eigenvalue weighted by Gasteiger charge is 2.13. The third-order valence-electron chi connectivity index (χ3n) is 3.98. The highest BCUT2D eigenvalue weighted by atomic mass is 35.5. The minimum absolute atomic E-state index is 0.171. The van der Waals surface area contributed by atoms with Crippen LogP contribution in [0.5, 0.6) is 11.5 Å². The lowest BCUT2D eigenvalue weighted by atomic mass is 10.2. The summed E-state index contributed by atoms with van der Waals surface area (Å²) in [5, 5.41) is 3.61. The molecule has 0 saturated heterocycles. The van der Waals surface area contributed by atoms with Crippen molar-refractivity contribution in [3.05, 3.63) is 88.4 Å². The molecule has 0 radical (unpaired) electrons. The summed E-state index contributed by atoms with van der Waals surface area (Å²) >= 11 is 6.41. The Kier molecular flexibility index (Phi) is 6.71. The summed E-state index contributed by atoms with van der Waals surface area (Å²) in [4.78, 5) is 0.